The fourth-order valence-corrected chi connectivity index (χ4v) is 3.18. The number of fused-ring (bicyclic) bond motifs is 1. The van der Waals surface area contributed by atoms with E-state index in [4.69, 9.17) is 0 Å². The molecule has 1 aromatic heterocycles. The Kier molecular flexibility index (Phi) is 3.48. The van der Waals surface area contributed by atoms with Crippen LogP contribution in [0.1, 0.15) is 31.4 Å². The molecule has 2 saturated heterocycles. The van der Waals surface area contributed by atoms with Crippen molar-refractivity contribution in [3.8, 4) is 5.75 Å². The third-order valence-corrected chi connectivity index (χ3v) is 4.20. The van der Waals surface area contributed by atoms with Crippen LogP contribution in [0.4, 0.5) is 0 Å². The fraction of sp³-hybridized carbons (Fsp3) is 0.643. The summed E-state index contributed by atoms with van der Waals surface area (Å²) in [7, 11) is 0. The van der Waals surface area contributed by atoms with Gasteiger partial charge in [-0.05, 0) is 50.9 Å². The summed E-state index contributed by atoms with van der Waals surface area (Å²) >= 11 is 0. The molecule has 0 aliphatic carbocycles. The van der Waals surface area contributed by atoms with Crippen LogP contribution in [-0.4, -0.2) is 40.2 Å². The zero-order valence-corrected chi connectivity index (χ0v) is 10.7. The van der Waals surface area contributed by atoms with Crippen molar-refractivity contribution in [2.24, 2.45) is 0 Å². The minimum Gasteiger partial charge on any atom is -0.506 e. The monoisotopic (exact) mass is 247 g/mol. The van der Waals surface area contributed by atoms with Crippen LogP contribution in [0, 0.1) is 0 Å². The van der Waals surface area contributed by atoms with E-state index in [2.05, 4.69) is 15.2 Å². The maximum atomic E-state index is 9.19. The lowest BCUT2D eigenvalue weighted by Crippen LogP contribution is -2.45. The van der Waals surface area contributed by atoms with Gasteiger partial charge in [-0.25, -0.2) is 0 Å². The van der Waals surface area contributed by atoms with E-state index in [1.54, 1.807) is 6.07 Å². The van der Waals surface area contributed by atoms with Gasteiger partial charge < -0.3 is 15.3 Å². The molecule has 3 heterocycles. The van der Waals surface area contributed by atoms with Crippen molar-refractivity contribution >= 4 is 0 Å². The van der Waals surface area contributed by atoms with Crippen LogP contribution in [0.3, 0.4) is 0 Å². The third-order valence-electron chi connectivity index (χ3n) is 4.20. The van der Waals surface area contributed by atoms with Gasteiger partial charge in [0.1, 0.15) is 5.75 Å². The highest BCUT2D eigenvalue weighted by atomic mass is 16.3. The van der Waals surface area contributed by atoms with Crippen LogP contribution in [0.15, 0.2) is 18.3 Å². The van der Waals surface area contributed by atoms with Gasteiger partial charge in [0.25, 0.3) is 0 Å². The molecule has 18 heavy (non-hydrogen) atoms. The quantitative estimate of drug-likeness (QED) is 0.850. The minimum atomic E-state index is 0.234. The first-order valence-electron chi connectivity index (χ1n) is 6.92. The van der Waals surface area contributed by atoms with Gasteiger partial charge in [0, 0.05) is 18.6 Å². The van der Waals surface area contributed by atoms with Crippen LogP contribution in [0.25, 0.3) is 0 Å². The fourth-order valence-electron chi connectivity index (χ4n) is 3.18. The Morgan fingerprint density at radius 1 is 1.33 bits per heavy atom. The van der Waals surface area contributed by atoms with Gasteiger partial charge in [-0.3, -0.25) is 4.98 Å². The van der Waals surface area contributed by atoms with E-state index in [1.807, 2.05) is 6.07 Å². The topological polar surface area (TPSA) is 48.4 Å². The SMILES string of the molecule is Oc1ccc(CNC2CCN3CCCC3C2)nc1. The van der Waals surface area contributed by atoms with E-state index in [0.29, 0.717) is 6.04 Å². The van der Waals surface area contributed by atoms with Gasteiger partial charge in [-0.15, -0.1) is 0 Å². The molecule has 98 valence electrons. The molecule has 3 rings (SSSR count). The average molecular weight is 247 g/mol. The number of aromatic nitrogens is 1. The molecule has 2 aliphatic heterocycles. The largest absolute Gasteiger partial charge is 0.506 e. The molecule has 0 bridgehead atoms. The highest BCUT2D eigenvalue weighted by Crippen LogP contribution is 2.26. The molecule has 0 radical (unpaired) electrons. The Morgan fingerprint density at radius 3 is 3.11 bits per heavy atom. The van der Waals surface area contributed by atoms with Crippen molar-refractivity contribution < 1.29 is 5.11 Å². The first kappa shape index (κ1) is 11.9. The third kappa shape index (κ3) is 2.65. The zero-order chi connectivity index (χ0) is 12.4. The lowest BCUT2D eigenvalue weighted by atomic mass is 9.97. The Morgan fingerprint density at radius 2 is 2.28 bits per heavy atom. The van der Waals surface area contributed by atoms with Gasteiger partial charge in [-0.1, -0.05) is 0 Å². The van der Waals surface area contributed by atoms with Gasteiger partial charge in [-0.2, -0.15) is 0 Å². The summed E-state index contributed by atoms with van der Waals surface area (Å²) in [6.45, 7) is 3.35. The normalized spacial score (nSPS) is 28.2. The molecule has 0 amide bonds. The summed E-state index contributed by atoms with van der Waals surface area (Å²) in [4.78, 5) is 6.84. The van der Waals surface area contributed by atoms with Crippen LogP contribution < -0.4 is 5.32 Å². The van der Waals surface area contributed by atoms with E-state index in [1.165, 1.54) is 45.0 Å². The molecule has 2 fully saturated rings. The second kappa shape index (κ2) is 5.24. The lowest BCUT2D eigenvalue weighted by Gasteiger charge is -2.35. The highest BCUT2D eigenvalue weighted by molar-refractivity contribution is 5.17. The highest BCUT2D eigenvalue weighted by Gasteiger charge is 2.31. The van der Waals surface area contributed by atoms with Crippen LogP contribution in [0.2, 0.25) is 0 Å². The van der Waals surface area contributed by atoms with E-state index in [0.717, 1.165) is 18.3 Å². The van der Waals surface area contributed by atoms with Crippen molar-refractivity contribution in [2.75, 3.05) is 13.1 Å². The Hall–Kier alpha value is -1.13. The van der Waals surface area contributed by atoms with Crippen LogP contribution >= 0.6 is 0 Å². The number of aromatic hydroxyl groups is 1. The molecule has 0 saturated carbocycles. The van der Waals surface area contributed by atoms with E-state index in [-0.39, 0.29) is 5.75 Å². The first-order chi connectivity index (χ1) is 8.81. The summed E-state index contributed by atoms with van der Waals surface area (Å²) in [5.74, 6) is 0.234. The predicted octanol–water partition coefficient (Wildman–Crippen LogP) is 1.50. The molecule has 0 spiro atoms. The Balaban J connectivity index is 1.50. The number of hydrogen-bond donors (Lipinski definition) is 2. The van der Waals surface area contributed by atoms with Crippen molar-refractivity contribution in [1.29, 1.82) is 0 Å². The molecule has 1 aromatic rings. The summed E-state index contributed by atoms with van der Waals surface area (Å²) in [5.41, 5.74) is 1.00. The van der Waals surface area contributed by atoms with E-state index in [9.17, 15) is 5.11 Å². The van der Waals surface area contributed by atoms with Gasteiger partial charge >= 0.3 is 0 Å². The van der Waals surface area contributed by atoms with Gasteiger partial charge in [0.15, 0.2) is 0 Å². The van der Waals surface area contributed by atoms with E-state index >= 15 is 0 Å². The number of hydrogen-bond acceptors (Lipinski definition) is 4. The summed E-state index contributed by atoms with van der Waals surface area (Å²) < 4.78 is 0. The number of pyridine rings is 1. The molecule has 4 heteroatoms. The van der Waals surface area contributed by atoms with Crippen molar-refractivity contribution in [3.05, 3.63) is 24.0 Å². The lowest BCUT2D eigenvalue weighted by molar-refractivity contribution is 0.166. The number of piperidine rings is 1. The molecule has 2 aliphatic rings. The Bertz CT molecular complexity index is 393. The van der Waals surface area contributed by atoms with Crippen molar-refractivity contribution in [1.82, 2.24) is 15.2 Å². The standard InChI is InChI=1S/C14H21N3O/c18-14-4-3-12(16-10-14)9-15-11-5-7-17-6-1-2-13(17)8-11/h3-4,10-11,13,15,18H,1-2,5-9H2. The maximum Gasteiger partial charge on any atom is 0.133 e. The van der Waals surface area contributed by atoms with E-state index < -0.39 is 0 Å². The number of rotatable bonds is 3. The number of nitrogens with zero attached hydrogens (tertiary/aromatic N) is 2. The van der Waals surface area contributed by atoms with Gasteiger partial charge in [0.05, 0.1) is 11.9 Å². The molecule has 0 aromatic carbocycles. The predicted molar refractivity (Wildman–Crippen MR) is 70.4 cm³/mol. The second-order valence-corrected chi connectivity index (χ2v) is 5.44. The molecular formula is C14H21N3O. The second-order valence-electron chi connectivity index (χ2n) is 5.44. The maximum absolute atomic E-state index is 9.19. The minimum absolute atomic E-state index is 0.234. The molecule has 4 nitrogen and oxygen atoms in total. The van der Waals surface area contributed by atoms with Crippen molar-refractivity contribution in [2.45, 2.75) is 44.3 Å². The first-order valence-corrected chi connectivity index (χ1v) is 6.92. The van der Waals surface area contributed by atoms with Crippen molar-refractivity contribution in [3.63, 3.8) is 0 Å². The molecule has 2 N–H and O–H groups in total. The molecule has 2 unspecified atom stereocenters. The summed E-state index contributed by atoms with van der Waals surface area (Å²) in [6.07, 6.45) is 6.77. The number of nitrogens with one attached hydrogen (secondary N) is 1. The van der Waals surface area contributed by atoms with Crippen LogP contribution in [0.5, 0.6) is 5.75 Å². The van der Waals surface area contributed by atoms with Gasteiger partial charge in [0.2, 0.25) is 0 Å². The summed E-state index contributed by atoms with van der Waals surface area (Å²) in [6, 6.07) is 5.01. The summed E-state index contributed by atoms with van der Waals surface area (Å²) in [5, 5.41) is 12.8. The van der Waals surface area contributed by atoms with Crippen LogP contribution in [-0.2, 0) is 6.54 Å². The average Bonchev–Trinajstić information content (AvgIpc) is 2.85. The molecule has 2 atom stereocenters. The Labute approximate surface area is 108 Å². The zero-order valence-electron chi connectivity index (χ0n) is 10.7. The smallest absolute Gasteiger partial charge is 0.133 e. The molecular weight excluding hydrogens is 226 g/mol.